The van der Waals surface area contributed by atoms with Gasteiger partial charge in [-0.15, -0.1) is 0 Å². The van der Waals surface area contributed by atoms with Gasteiger partial charge in [0.1, 0.15) is 0 Å². The van der Waals surface area contributed by atoms with E-state index in [9.17, 15) is 0 Å². The maximum absolute atomic E-state index is 2.53. The van der Waals surface area contributed by atoms with E-state index in [1.165, 1.54) is 144 Å². The molecule has 0 bridgehead atoms. The van der Waals surface area contributed by atoms with E-state index in [-0.39, 0.29) is 21.7 Å². The molecule has 64 heavy (non-hydrogen) atoms. The average molecular weight is 819 g/mol. The molecule has 0 radical (unpaired) electrons. The van der Waals surface area contributed by atoms with E-state index in [1.54, 1.807) is 0 Å². The number of hydrogen-bond donors (Lipinski definition) is 0. The molecule has 0 N–H and O–H groups in total. The van der Waals surface area contributed by atoms with Crippen molar-refractivity contribution in [3.05, 3.63) is 202 Å². The molecule has 0 saturated carbocycles. The van der Waals surface area contributed by atoms with Crippen LogP contribution in [0.3, 0.4) is 0 Å². The smallest absolute Gasteiger partial charge is 0.0165 e. The summed E-state index contributed by atoms with van der Waals surface area (Å²) in [5.41, 5.74) is 27.6. The zero-order chi connectivity index (χ0) is 43.4. The average Bonchev–Trinajstić information content (AvgIpc) is 3.87. The molecule has 4 aliphatic carbocycles. The minimum absolute atomic E-state index is 0.0845. The zero-order valence-corrected chi connectivity index (χ0v) is 38.0. The van der Waals surface area contributed by atoms with Gasteiger partial charge in [-0.2, -0.15) is 0 Å². The summed E-state index contributed by atoms with van der Waals surface area (Å²) in [5.74, 6) is 0. The van der Waals surface area contributed by atoms with Crippen molar-refractivity contribution in [2.24, 2.45) is 0 Å². The Hall–Kier alpha value is -6.76. The molecule has 0 aliphatic heterocycles. The lowest BCUT2D eigenvalue weighted by atomic mass is 9.77. The second-order valence-electron chi connectivity index (χ2n) is 21.6. The number of benzene rings is 10. The number of hydrogen-bond acceptors (Lipinski definition) is 0. The van der Waals surface area contributed by atoms with Crippen LogP contribution in [0, 0.1) is 0 Å². The van der Waals surface area contributed by atoms with Crippen molar-refractivity contribution >= 4 is 32.3 Å². The normalized spacial score (nSPS) is 16.9. The minimum Gasteiger partial charge on any atom is -0.0619 e. The summed E-state index contributed by atoms with van der Waals surface area (Å²) in [6, 6.07) is 61.4. The maximum atomic E-state index is 2.53. The van der Waals surface area contributed by atoms with Crippen molar-refractivity contribution in [1.29, 1.82) is 0 Å². The fourth-order valence-corrected chi connectivity index (χ4v) is 13.9. The van der Waals surface area contributed by atoms with Crippen LogP contribution in [0.15, 0.2) is 158 Å². The Bertz CT molecular complexity index is 3520. The molecule has 0 spiro atoms. The summed E-state index contributed by atoms with van der Waals surface area (Å²) < 4.78 is 0. The summed E-state index contributed by atoms with van der Waals surface area (Å²) in [5, 5.41) is 7.94. The highest BCUT2D eigenvalue weighted by molar-refractivity contribution is 6.27. The molecule has 0 saturated heterocycles. The van der Waals surface area contributed by atoms with Crippen molar-refractivity contribution < 1.29 is 0 Å². The van der Waals surface area contributed by atoms with Gasteiger partial charge >= 0.3 is 0 Å². The highest BCUT2D eigenvalue weighted by Gasteiger charge is 2.46. The van der Waals surface area contributed by atoms with Gasteiger partial charge in [0.25, 0.3) is 0 Å². The van der Waals surface area contributed by atoms with Crippen molar-refractivity contribution in [2.75, 3.05) is 0 Å². The molecule has 14 rings (SSSR count). The molecule has 0 aromatic heterocycles. The molecule has 10 aromatic rings. The lowest BCUT2D eigenvalue weighted by molar-refractivity contribution is 0.647. The number of rotatable bonds is 2. The van der Waals surface area contributed by atoms with Crippen LogP contribution in [-0.4, -0.2) is 0 Å². The van der Waals surface area contributed by atoms with Gasteiger partial charge < -0.3 is 0 Å². The van der Waals surface area contributed by atoms with E-state index in [1.807, 2.05) is 0 Å². The molecule has 0 heteroatoms. The first-order valence-electron chi connectivity index (χ1n) is 23.3. The topological polar surface area (TPSA) is 0 Å². The standard InChI is InChI=1S/C64H50/c1-61(2)51-29-21-37(33-47(51)57-53(61)31-27-45-41-13-9-11-15-49(41)63(5,6)59(45)57)39-23-17-35-20-26-44-40(24-18-36-19-25-43(39)55(35)56(36)44)38-22-30-52-48(34-38)58-54(62(52,3)4)32-28-46-42-14-10-12-16-50(42)64(7,8)60(46)58/h9-34H,1-8H3. The van der Waals surface area contributed by atoms with Crippen LogP contribution in [0.25, 0.3) is 99.1 Å². The molecule has 0 nitrogen and oxygen atoms in total. The zero-order valence-electron chi connectivity index (χ0n) is 38.0. The van der Waals surface area contributed by atoms with Crippen LogP contribution < -0.4 is 0 Å². The highest BCUT2D eigenvalue weighted by Crippen LogP contribution is 2.61. The van der Waals surface area contributed by atoms with Crippen molar-refractivity contribution in [1.82, 2.24) is 0 Å². The lowest BCUT2D eigenvalue weighted by Gasteiger charge is -2.26. The largest absolute Gasteiger partial charge is 0.0619 e. The first-order chi connectivity index (χ1) is 30.8. The van der Waals surface area contributed by atoms with E-state index >= 15 is 0 Å². The first-order valence-corrected chi connectivity index (χ1v) is 23.3. The molecule has 0 atom stereocenters. The predicted octanol–water partition coefficient (Wildman–Crippen LogP) is 17.1. The Morgan fingerprint density at radius 2 is 0.625 bits per heavy atom. The van der Waals surface area contributed by atoms with E-state index in [0.29, 0.717) is 0 Å². The van der Waals surface area contributed by atoms with Gasteiger partial charge in [0.05, 0.1) is 0 Å². The second-order valence-corrected chi connectivity index (χ2v) is 21.6. The fourth-order valence-electron chi connectivity index (χ4n) is 13.9. The Kier molecular flexibility index (Phi) is 6.69. The summed E-state index contributed by atoms with van der Waals surface area (Å²) in [6.07, 6.45) is 0. The molecule has 0 fully saturated rings. The van der Waals surface area contributed by atoms with Crippen molar-refractivity contribution in [3.8, 4) is 66.8 Å². The molecule has 0 heterocycles. The molecule has 0 unspecified atom stereocenters. The van der Waals surface area contributed by atoms with Crippen molar-refractivity contribution in [2.45, 2.75) is 77.0 Å². The van der Waals surface area contributed by atoms with E-state index < -0.39 is 0 Å². The fraction of sp³-hybridized carbons (Fsp3) is 0.188. The Morgan fingerprint density at radius 1 is 0.266 bits per heavy atom. The highest BCUT2D eigenvalue weighted by atomic mass is 14.5. The van der Waals surface area contributed by atoms with Crippen LogP contribution in [0.2, 0.25) is 0 Å². The predicted molar refractivity (Wildman–Crippen MR) is 271 cm³/mol. The maximum Gasteiger partial charge on any atom is 0.0165 e. The molecule has 10 aromatic carbocycles. The third-order valence-electron chi connectivity index (χ3n) is 17.0. The van der Waals surface area contributed by atoms with Gasteiger partial charge in [0.2, 0.25) is 0 Å². The van der Waals surface area contributed by atoms with E-state index in [2.05, 4.69) is 213 Å². The monoisotopic (exact) mass is 818 g/mol. The van der Waals surface area contributed by atoms with Crippen LogP contribution >= 0.6 is 0 Å². The quantitative estimate of drug-likeness (QED) is 0.152. The molecular formula is C64H50. The summed E-state index contributed by atoms with van der Waals surface area (Å²) in [4.78, 5) is 0. The Morgan fingerprint density at radius 3 is 1.06 bits per heavy atom. The third-order valence-corrected chi connectivity index (χ3v) is 17.0. The molecule has 0 amide bonds. The lowest BCUT2D eigenvalue weighted by Crippen LogP contribution is -2.18. The van der Waals surface area contributed by atoms with E-state index in [4.69, 9.17) is 0 Å². The van der Waals surface area contributed by atoms with Crippen molar-refractivity contribution in [3.63, 3.8) is 0 Å². The van der Waals surface area contributed by atoms with Crippen LogP contribution in [0.1, 0.15) is 99.9 Å². The van der Waals surface area contributed by atoms with Gasteiger partial charge in [-0.05, 0) is 156 Å². The van der Waals surface area contributed by atoms with Crippen LogP contribution in [0.5, 0.6) is 0 Å². The van der Waals surface area contributed by atoms with Crippen LogP contribution in [-0.2, 0) is 21.7 Å². The van der Waals surface area contributed by atoms with Gasteiger partial charge in [-0.25, -0.2) is 0 Å². The molecular weight excluding hydrogens is 769 g/mol. The number of fused-ring (bicyclic) bond motifs is 14. The third kappa shape index (κ3) is 4.26. The van der Waals surface area contributed by atoms with Gasteiger partial charge in [-0.3, -0.25) is 0 Å². The second kappa shape index (κ2) is 11.7. The van der Waals surface area contributed by atoms with Gasteiger partial charge in [0.15, 0.2) is 0 Å². The summed E-state index contributed by atoms with van der Waals surface area (Å²) in [6.45, 7) is 19.4. The van der Waals surface area contributed by atoms with E-state index in [0.717, 1.165) is 0 Å². The molecule has 306 valence electrons. The first kappa shape index (κ1) is 36.7. The van der Waals surface area contributed by atoms with Crippen LogP contribution in [0.4, 0.5) is 0 Å². The SMILES string of the molecule is CC1(C)c2ccc(-c3ccc4ccc5c(-c6ccc7c(c6)-c6c(ccc8c6C(C)(C)c6ccccc6-8)C7(C)C)ccc6ccc3c4c65)cc2-c2c1ccc1c2C(C)(C)c2ccccc2-1. The summed E-state index contributed by atoms with van der Waals surface area (Å²) in [7, 11) is 0. The van der Waals surface area contributed by atoms with Gasteiger partial charge in [0, 0.05) is 21.7 Å². The summed E-state index contributed by atoms with van der Waals surface area (Å²) >= 11 is 0. The Balaban J connectivity index is 0.946. The molecule has 4 aliphatic rings. The minimum atomic E-state index is -0.0867. The van der Waals surface area contributed by atoms with Gasteiger partial charge in [-0.1, -0.05) is 201 Å². The Labute approximate surface area is 376 Å².